The Hall–Kier alpha value is -1.10. The number of amides is 2. The van der Waals surface area contributed by atoms with Crippen molar-refractivity contribution < 1.29 is 9.59 Å². The summed E-state index contributed by atoms with van der Waals surface area (Å²) < 4.78 is 0. The van der Waals surface area contributed by atoms with E-state index in [1.807, 2.05) is 19.3 Å². The summed E-state index contributed by atoms with van der Waals surface area (Å²) in [5.74, 6) is 4.62. The highest BCUT2D eigenvalue weighted by Crippen LogP contribution is 2.29. The van der Waals surface area contributed by atoms with Gasteiger partial charge >= 0.3 is 0 Å². The fraction of sp³-hybridized carbons (Fsp3) is 0.750. The van der Waals surface area contributed by atoms with E-state index in [9.17, 15) is 9.59 Å². The number of carbonyl (C=O) groups is 2. The Balaban J connectivity index is 2.56. The first kappa shape index (κ1) is 9.98. The molecule has 0 atom stereocenters. The molecule has 1 aliphatic rings. The molecule has 1 fully saturated rings. The highest BCUT2D eigenvalue weighted by Gasteiger charge is 2.38. The molecule has 5 nitrogen and oxygen atoms in total. The lowest BCUT2D eigenvalue weighted by molar-refractivity contribution is -0.138. The minimum atomic E-state index is -0.328. The second kappa shape index (κ2) is 3.33. The molecule has 3 N–H and O–H groups in total. The van der Waals surface area contributed by atoms with Crippen molar-refractivity contribution >= 4 is 11.8 Å². The summed E-state index contributed by atoms with van der Waals surface area (Å²) in [6, 6.07) is 0. The zero-order chi connectivity index (χ0) is 10.1. The minimum absolute atomic E-state index is 0.0242. The van der Waals surface area contributed by atoms with E-state index in [0.717, 1.165) is 6.42 Å². The third kappa shape index (κ3) is 1.98. The van der Waals surface area contributed by atoms with Gasteiger partial charge in [-0.1, -0.05) is 13.8 Å². The SMILES string of the molecule is CC1(C)CCN(CC(=O)NN)C1=O. The van der Waals surface area contributed by atoms with Gasteiger partial charge in [0.25, 0.3) is 5.91 Å². The summed E-state index contributed by atoms with van der Waals surface area (Å²) in [7, 11) is 0. The van der Waals surface area contributed by atoms with Crippen molar-refractivity contribution in [1.29, 1.82) is 0 Å². The van der Waals surface area contributed by atoms with Crippen LogP contribution in [-0.2, 0) is 9.59 Å². The van der Waals surface area contributed by atoms with Gasteiger partial charge < -0.3 is 4.90 Å². The topological polar surface area (TPSA) is 75.4 Å². The molecular formula is C8H15N3O2. The van der Waals surface area contributed by atoms with Gasteiger partial charge in [0.15, 0.2) is 0 Å². The smallest absolute Gasteiger partial charge is 0.253 e. The maximum Gasteiger partial charge on any atom is 0.253 e. The van der Waals surface area contributed by atoms with Crippen LogP contribution in [0.4, 0.5) is 0 Å². The van der Waals surface area contributed by atoms with Gasteiger partial charge in [-0.2, -0.15) is 0 Å². The Labute approximate surface area is 77.2 Å². The van der Waals surface area contributed by atoms with Crippen LogP contribution in [0.25, 0.3) is 0 Å². The van der Waals surface area contributed by atoms with Crippen LogP contribution in [0.15, 0.2) is 0 Å². The number of nitrogens with two attached hydrogens (primary N) is 1. The summed E-state index contributed by atoms with van der Waals surface area (Å²) in [5, 5.41) is 0. The van der Waals surface area contributed by atoms with Gasteiger partial charge in [0.1, 0.15) is 6.54 Å². The molecule has 0 radical (unpaired) electrons. The average molecular weight is 185 g/mol. The minimum Gasteiger partial charge on any atom is -0.333 e. The summed E-state index contributed by atoms with van der Waals surface area (Å²) in [6.07, 6.45) is 0.795. The number of hydrazine groups is 1. The second-order valence-corrected chi connectivity index (χ2v) is 3.93. The van der Waals surface area contributed by atoms with E-state index in [1.165, 1.54) is 4.90 Å². The Morgan fingerprint density at radius 2 is 2.31 bits per heavy atom. The molecule has 0 bridgehead atoms. The predicted octanol–water partition coefficient (Wildman–Crippen LogP) is -0.765. The van der Waals surface area contributed by atoms with E-state index in [1.54, 1.807) is 0 Å². The molecule has 0 saturated carbocycles. The van der Waals surface area contributed by atoms with E-state index < -0.39 is 0 Å². The molecular weight excluding hydrogens is 170 g/mol. The fourth-order valence-corrected chi connectivity index (χ4v) is 1.42. The fourth-order valence-electron chi connectivity index (χ4n) is 1.42. The van der Waals surface area contributed by atoms with Crippen LogP contribution in [-0.4, -0.2) is 29.8 Å². The van der Waals surface area contributed by atoms with E-state index in [2.05, 4.69) is 0 Å². The molecule has 5 heteroatoms. The number of hydrogen-bond donors (Lipinski definition) is 2. The molecule has 0 aliphatic carbocycles. The van der Waals surface area contributed by atoms with Crippen molar-refractivity contribution in [3.8, 4) is 0 Å². The molecule has 74 valence electrons. The standard InChI is InChI=1S/C8H15N3O2/c1-8(2)3-4-11(7(8)13)5-6(12)10-9/h3-5,9H2,1-2H3,(H,10,12). The normalized spacial score (nSPS) is 20.5. The highest BCUT2D eigenvalue weighted by molar-refractivity contribution is 5.88. The van der Waals surface area contributed by atoms with E-state index in [-0.39, 0.29) is 23.8 Å². The molecule has 1 saturated heterocycles. The predicted molar refractivity (Wildman–Crippen MR) is 47.3 cm³/mol. The second-order valence-electron chi connectivity index (χ2n) is 3.93. The van der Waals surface area contributed by atoms with Crippen molar-refractivity contribution in [2.24, 2.45) is 11.3 Å². The van der Waals surface area contributed by atoms with Crippen LogP contribution in [0, 0.1) is 5.41 Å². The maximum atomic E-state index is 11.6. The van der Waals surface area contributed by atoms with Gasteiger partial charge in [0, 0.05) is 12.0 Å². The summed E-state index contributed by atoms with van der Waals surface area (Å²) in [5.41, 5.74) is 1.68. The average Bonchev–Trinajstić information content (AvgIpc) is 2.32. The summed E-state index contributed by atoms with van der Waals surface area (Å²) in [6.45, 7) is 4.48. The van der Waals surface area contributed by atoms with Gasteiger partial charge in [-0.15, -0.1) is 0 Å². The molecule has 0 aromatic rings. The Morgan fingerprint density at radius 3 is 2.69 bits per heavy atom. The Bertz CT molecular complexity index is 238. The van der Waals surface area contributed by atoms with Crippen LogP contribution in [0.2, 0.25) is 0 Å². The highest BCUT2D eigenvalue weighted by atomic mass is 16.2. The Kier molecular flexibility index (Phi) is 2.56. The number of hydrogen-bond acceptors (Lipinski definition) is 3. The first-order chi connectivity index (χ1) is 5.97. The number of rotatable bonds is 2. The monoisotopic (exact) mass is 185 g/mol. The van der Waals surface area contributed by atoms with Crippen LogP contribution in [0.5, 0.6) is 0 Å². The van der Waals surface area contributed by atoms with Crippen molar-refractivity contribution in [3.05, 3.63) is 0 Å². The molecule has 1 heterocycles. The molecule has 1 aliphatic heterocycles. The van der Waals surface area contributed by atoms with Crippen molar-refractivity contribution in [1.82, 2.24) is 10.3 Å². The lowest BCUT2D eigenvalue weighted by Gasteiger charge is -2.18. The molecule has 0 aromatic heterocycles. The number of likely N-dealkylation sites (tertiary alicyclic amines) is 1. The Morgan fingerprint density at radius 1 is 1.69 bits per heavy atom. The molecule has 0 spiro atoms. The largest absolute Gasteiger partial charge is 0.333 e. The molecule has 1 rings (SSSR count). The van der Waals surface area contributed by atoms with Crippen molar-refractivity contribution in [2.75, 3.05) is 13.1 Å². The van der Waals surface area contributed by atoms with Crippen LogP contribution >= 0.6 is 0 Å². The van der Waals surface area contributed by atoms with E-state index in [4.69, 9.17) is 5.84 Å². The first-order valence-corrected chi connectivity index (χ1v) is 4.26. The molecule has 0 aromatic carbocycles. The molecule has 2 amide bonds. The first-order valence-electron chi connectivity index (χ1n) is 4.26. The van der Waals surface area contributed by atoms with E-state index in [0.29, 0.717) is 6.54 Å². The lowest BCUT2D eigenvalue weighted by atomic mass is 9.92. The van der Waals surface area contributed by atoms with Gasteiger partial charge in [0.05, 0.1) is 0 Å². The van der Waals surface area contributed by atoms with Crippen LogP contribution in [0.3, 0.4) is 0 Å². The van der Waals surface area contributed by atoms with Crippen LogP contribution < -0.4 is 11.3 Å². The van der Waals surface area contributed by atoms with Crippen molar-refractivity contribution in [2.45, 2.75) is 20.3 Å². The zero-order valence-electron chi connectivity index (χ0n) is 7.96. The molecule has 0 unspecified atom stereocenters. The van der Waals surface area contributed by atoms with Gasteiger partial charge in [0.2, 0.25) is 5.91 Å². The van der Waals surface area contributed by atoms with Gasteiger partial charge in [-0.3, -0.25) is 15.0 Å². The lowest BCUT2D eigenvalue weighted by Crippen LogP contribution is -2.42. The number of nitrogens with one attached hydrogen (secondary N) is 1. The maximum absolute atomic E-state index is 11.6. The van der Waals surface area contributed by atoms with Crippen molar-refractivity contribution in [3.63, 3.8) is 0 Å². The summed E-state index contributed by atoms with van der Waals surface area (Å²) in [4.78, 5) is 24.0. The summed E-state index contributed by atoms with van der Waals surface area (Å²) >= 11 is 0. The quantitative estimate of drug-likeness (QED) is 0.337. The van der Waals surface area contributed by atoms with E-state index >= 15 is 0 Å². The third-order valence-corrected chi connectivity index (χ3v) is 2.37. The molecule has 13 heavy (non-hydrogen) atoms. The number of nitrogens with zero attached hydrogens (tertiary/aromatic N) is 1. The number of carbonyl (C=O) groups excluding carboxylic acids is 2. The third-order valence-electron chi connectivity index (χ3n) is 2.37. The van der Waals surface area contributed by atoms with Gasteiger partial charge in [-0.25, -0.2) is 5.84 Å². The van der Waals surface area contributed by atoms with Gasteiger partial charge in [-0.05, 0) is 6.42 Å². The van der Waals surface area contributed by atoms with Crippen LogP contribution in [0.1, 0.15) is 20.3 Å². The zero-order valence-corrected chi connectivity index (χ0v) is 7.96.